The number of ether oxygens (including phenoxy) is 3. The van der Waals surface area contributed by atoms with Gasteiger partial charge in [-0.1, -0.05) is 26.0 Å². The van der Waals surface area contributed by atoms with Crippen LogP contribution in [0.25, 0.3) is 16.7 Å². The van der Waals surface area contributed by atoms with Crippen molar-refractivity contribution in [2.45, 2.75) is 33.1 Å². The SMILES string of the molecule is CCC(=O)OCCc1ccc(-n2c(CC)nc3cc4c(cc32)OCO4)cc1. The van der Waals surface area contributed by atoms with Gasteiger partial charge in [-0.25, -0.2) is 4.98 Å². The molecule has 2 heterocycles. The maximum Gasteiger partial charge on any atom is 0.305 e. The van der Waals surface area contributed by atoms with Crippen LogP contribution in [-0.4, -0.2) is 28.9 Å². The van der Waals surface area contributed by atoms with Crippen molar-refractivity contribution in [3.63, 3.8) is 0 Å². The monoisotopic (exact) mass is 366 g/mol. The van der Waals surface area contributed by atoms with Gasteiger partial charge in [-0.3, -0.25) is 9.36 Å². The Morgan fingerprint density at radius 3 is 2.59 bits per heavy atom. The molecule has 0 N–H and O–H groups in total. The van der Waals surface area contributed by atoms with Crippen molar-refractivity contribution in [2.24, 2.45) is 0 Å². The van der Waals surface area contributed by atoms with Crippen molar-refractivity contribution >= 4 is 17.0 Å². The van der Waals surface area contributed by atoms with Gasteiger partial charge >= 0.3 is 5.97 Å². The molecule has 0 fully saturated rings. The van der Waals surface area contributed by atoms with Gasteiger partial charge in [0.15, 0.2) is 11.5 Å². The Labute approximate surface area is 157 Å². The highest BCUT2D eigenvalue weighted by atomic mass is 16.7. The number of rotatable bonds is 6. The molecule has 27 heavy (non-hydrogen) atoms. The highest BCUT2D eigenvalue weighted by Crippen LogP contribution is 2.37. The molecule has 0 unspecified atom stereocenters. The van der Waals surface area contributed by atoms with Gasteiger partial charge in [-0.05, 0) is 17.7 Å². The lowest BCUT2D eigenvalue weighted by Crippen LogP contribution is -2.06. The average molecular weight is 366 g/mol. The van der Waals surface area contributed by atoms with Gasteiger partial charge in [0.25, 0.3) is 0 Å². The number of esters is 1. The first-order valence-electron chi connectivity index (χ1n) is 9.25. The van der Waals surface area contributed by atoms with E-state index in [-0.39, 0.29) is 12.8 Å². The molecule has 0 saturated heterocycles. The lowest BCUT2D eigenvalue weighted by molar-refractivity contribution is -0.143. The number of imidazole rings is 1. The number of hydrogen-bond donors (Lipinski definition) is 0. The van der Waals surface area contributed by atoms with Gasteiger partial charge in [0.2, 0.25) is 6.79 Å². The van der Waals surface area contributed by atoms with E-state index in [0.29, 0.717) is 19.4 Å². The Bertz CT molecular complexity index is 976. The third kappa shape index (κ3) is 3.35. The lowest BCUT2D eigenvalue weighted by Gasteiger charge is -2.10. The van der Waals surface area contributed by atoms with Crippen LogP contribution in [0.4, 0.5) is 0 Å². The molecule has 0 atom stereocenters. The molecule has 0 spiro atoms. The van der Waals surface area contributed by atoms with Crippen LogP contribution in [0.2, 0.25) is 0 Å². The van der Waals surface area contributed by atoms with Crippen LogP contribution in [0.3, 0.4) is 0 Å². The highest BCUT2D eigenvalue weighted by molar-refractivity contribution is 5.82. The zero-order valence-electron chi connectivity index (χ0n) is 15.5. The Balaban J connectivity index is 1.62. The predicted octanol–water partition coefficient (Wildman–Crippen LogP) is 3.81. The zero-order valence-corrected chi connectivity index (χ0v) is 15.5. The maximum atomic E-state index is 11.2. The Morgan fingerprint density at radius 1 is 1.15 bits per heavy atom. The summed E-state index contributed by atoms with van der Waals surface area (Å²) < 4.78 is 18.3. The maximum absolute atomic E-state index is 11.2. The Kier molecular flexibility index (Phi) is 4.71. The number of fused-ring (bicyclic) bond motifs is 2. The average Bonchev–Trinajstić information content (AvgIpc) is 3.29. The van der Waals surface area contributed by atoms with E-state index >= 15 is 0 Å². The van der Waals surface area contributed by atoms with E-state index in [9.17, 15) is 4.79 Å². The molecule has 3 aromatic rings. The number of hydrogen-bond acceptors (Lipinski definition) is 5. The fourth-order valence-electron chi connectivity index (χ4n) is 3.24. The second-order valence-electron chi connectivity index (χ2n) is 6.40. The summed E-state index contributed by atoms with van der Waals surface area (Å²) in [5.41, 5.74) is 4.07. The first kappa shape index (κ1) is 17.4. The van der Waals surface area contributed by atoms with Gasteiger partial charge in [0, 0.05) is 37.1 Å². The van der Waals surface area contributed by atoms with Crippen molar-refractivity contribution in [2.75, 3.05) is 13.4 Å². The van der Waals surface area contributed by atoms with Crippen molar-refractivity contribution < 1.29 is 19.0 Å². The van der Waals surface area contributed by atoms with Crippen molar-refractivity contribution in [1.29, 1.82) is 0 Å². The van der Waals surface area contributed by atoms with Crippen molar-refractivity contribution in [1.82, 2.24) is 9.55 Å². The molecule has 0 radical (unpaired) electrons. The fourth-order valence-corrected chi connectivity index (χ4v) is 3.24. The molecule has 1 aliphatic heterocycles. The normalized spacial score (nSPS) is 12.5. The number of carbonyl (C=O) groups excluding carboxylic acids is 1. The van der Waals surface area contributed by atoms with E-state index in [2.05, 4.69) is 35.8 Å². The molecule has 0 saturated carbocycles. The molecular weight excluding hydrogens is 344 g/mol. The summed E-state index contributed by atoms with van der Waals surface area (Å²) in [5.74, 6) is 2.31. The van der Waals surface area contributed by atoms with Crippen LogP contribution in [0.5, 0.6) is 11.5 Å². The Hall–Kier alpha value is -3.02. The molecular formula is C21H22N2O4. The highest BCUT2D eigenvalue weighted by Gasteiger charge is 2.19. The number of nitrogens with zero attached hydrogens (tertiary/aromatic N) is 2. The third-order valence-electron chi connectivity index (χ3n) is 4.67. The summed E-state index contributed by atoms with van der Waals surface area (Å²) in [5, 5.41) is 0. The van der Waals surface area contributed by atoms with E-state index in [4.69, 9.17) is 19.2 Å². The van der Waals surface area contributed by atoms with Crippen LogP contribution in [0, 0.1) is 0 Å². The summed E-state index contributed by atoms with van der Waals surface area (Å²) in [6.45, 7) is 4.54. The molecule has 1 aromatic heterocycles. The molecule has 6 heteroatoms. The van der Waals surface area contributed by atoms with E-state index in [1.807, 2.05) is 12.1 Å². The minimum absolute atomic E-state index is 0.164. The van der Waals surface area contributed by atoms with Gasteiger partial charge in [-0.2, -0.15) is 0 Å². The summed E-state index contributed by atoms with van der Waals surface area (Å²) in [6.07, 6.45) is 1.93. The van der Waals surface area contributed by atoms with E-state index in [1.165, 1.54) is 0 Å². The molecule has 6 nitrogen and oxygen atoms in total. The summed E-state index contributed by atoms with van der Waals surface area (Å²) in [7, 11) is 0. The summed E-state index contributed by atoms with van der Waals surface area (Å²) in [4.78, 5) is 16.0. The van der Waals surface area contributed by atoms with E-state index in [1.54, 1.807) is 6.92 Å². The van der Waals surface area contributed by atoms with Gasteiger partial charge in [-0.15, -0.1) is 0 Å². The molecule has 2 aromatic carbocycles. The van der Waals surface area contributed by atoms with Gasteiger partial charge in [0.05, 0.1) is 17.6 Å². The zero-order chi connectivity index (χ0) is 18.8. The van der Waals surface area contributed by atoms with Crippen LogP contribution in [0.15, 0.2) is 36.4 Å². The minimum atomic E-state index is -0.164. The first-order chi connectivity index (χ1) is 13.2. The molecule has 0 amide bonds. The smallest absolute Gasteiger partial charge is 0.305 e. The molecule has 0 aliphatic carbocycles. The molecule has 140 valence electrons. The third-order valence-corrected chi connectivity index (χ3v) is 4.67. The van der Waals surface area contributed by atoms with Crippen LogP contribution in [-0.2, 0) is 22.4 Å². The minimum Gasteiger partial charge on any atom is -0.465 e. The van der Waals surface area contributed by atoms with E-state index in [0.717, 1.165) is 46.0 Å². The van der Waals surface area contributed by atoms with Gasteiger partial charge in [0.1, 0.15) is 5.82 Å². The number of carbonyl (C=O) groups is 1. The summed E-state index contributed by atoms with van der Waals surface area (Å²) >= 11 is 0. The van der Waals surface area contributed by atoms with Gasteiger partial charge < -0.3 is 14.2 Å². The standard InChI is InChI=1S/C21H22N2O4/c1-3-20-22-16-11-18-19(27-13-26-18)12-17(16)23(20)15-7-5-14(6-8-15)9-10-25-21(24)4-2/h5-8,11-12H,3-4,9-10,13H2,1-2H3. The quantitative estimate of drug-likeness (QED) is 0.621. The summed E-state index contributed by atoms with van der Waals surface area (Å²) in [6, 6.07) is 12.2. The first-order valence-corrected chi connectivity index (χ1v) is 9.25. The number of aryl methyl sites for hydroxylation is 1. The number of aromatic nitrogens is 2. The molecule has 1 aliphatic rings. The van der Waals surface area contributed by atoms with Crippen molar-refractivity contribution in [3.05, 3.63) is 47.8 Å². The largest absolute Gasteiger partial charge is 0.465 e. The lowest BCUT2D eigenvalue weighted by atomic mass is 10.1. The number of benzene rings is 2. The predicted molar refractivity (Wildman–Crippen MR) is 102 cm³/mol. The molecule has 4 rings (SSSR count). The van der Waals surface area contributed by atoms with Crippen molar-refractivity contribution in [3.8, 4) is 17.2 Å². The fraction of sp³-hybridized carbons (Fsp3) is 0.333. The Morgan fingerprint density at radius 2 is 1.89 bits per heavy atom. The van der Waals surface area contributed by atoms with E-state index < -0.39 is 0 Å². The second kappa shape index (κ2) is 7.31. The molecule has 0 bridgehead atoms. The second-order valence-corrected chi connectivity index (χ2v) is 6.40. The van der Waals surface area contributed by atoms with Crippen LogP contribution < -0.4 is 9.47 Å². The topological polar surface area (TPSA) is 62.6 Å². The van der Waals surface area contributed by atoms with Crippen LogP contribution in [0.1, 0.15) is 31.7 Å². The van der Waals surface area contributed by atoms with Crippen LogP contribution >= 0.6 is 0 Å².